The lowest BCUT2D eigenvalue weighted by Crippen LogP contribution is -2.38. The van der Waals surface area contributed by atoms with Crippen LogP contribution in [0.3, 0.4) is 0 Å². The van der Waals surface area contributed by atoms with Crippen LogP contribution in [-0.4, -0.2) is 27.7 Å². The minimum atomic E-state index is -0.167. The Hall–Kier alpha value is -1.82. The van der Waals surface area contributed by atoms with E-state index in [9.17, 15) is 9.59 Å². The number of fused-ring (bicyclic) bond motifs is 1. The van der Waals surface area contributed by atoms with Crippen molar-refractivity contribution in [3.05, 3.63) is 34.6 Å². The Labute approximate surface area is 139 Å². The Kier molecular flexibility index (Phi) is 5.00. The van der Waals surface area contributed by atoms with Crippen molar-refractivity contribution in [3.8, 4) is 0 Å². The van der Waals surface area contributed by atoms with Crippen LogP contribution < -0.4 is 10.9 Å². The van der Waals surface area contributed by atoms with Gasteiger partial charge in [-0.15, -0.1) is 0 Å². The summed E-state index contributed by atoms with van der Waals surface area (Å²) in [5.41, 5.74) is 0.486. The molecule has 0 saturated heterocycles. The second kappa shape index (κ2) is 7.17. The number of rotatable bonds is 4. The maximum atomic E-state index is 12.1. The fourth-order valence-corrected chi connectivity index (χ4v) is 3.62. The summed E-state index contributed by atoms with van der Waals surface area (Å²) in [6.07, 6.45) is 4.47. The van der Waals surface area contributed by atoms with E-state index in [1.165, 1.54) is 24.6 Å². The zero-order valence-corrected chi connectivity index (χ0v) is 14.0. The van der Waals surface area contributed by atoms with Crippen LogP contribution in [0.5, 0.6) is 0 Å². The molecule has 2 N–H and O–H groups in total. The summed E-state index contributed by atoms with van der Waals surface area (Å²) in [6, 6.07) is 7.50. The third-order valence-electron chi connectivity index (χ3n) is 4.31. The van der Waals surface area contributed by atoms with Crippen LogP contribution in [0.4, 0.5) is 0 Å². The Morgan fingerprint density at radius 1 is 1.30 bits per heavy atom. The van der Waals surface area contributed by atoms with Gasteiger partial charge in [-0.1, -0.05) is 30.8 Å². The van der Waals surface area contributed by atoms with Gasteiger partial charge in [0.1, 0.15) is 0 Å². The van der Waals surface area contributed by atoms with Gasteiger partial charge in [0.2, 0.25) is 5.91 Å². The van der Waals surface area contributed by atoms with Gasteiger partial charge in [0, 0.05) is 6.04 Å². The number of amides is 1. The molecular formula is C17H21N3O2S. The normalized spacial score (nSPS) is 21.3. The average Bonchev–Trinajstić information content (AvgIpc) is 2.55. The number of H-pyrrole nitrogens is 1. The van der Waals surface area contributed by atoms with Gasteiger partial charge in [-0.25, -0.2) is 4.98 Å². The predicted molar refractivity (Wildman–Crippen MR) is 92.7 cm³/mol. The number of nitrogens with one attached hydrogen (secondary N) is 2. The van der Waals surface area contributed by atoms with E-state index in [-0.39, 0.29) is 17.2 Å². The molecule has 122 valence electrons. The molecule has 2 aromatic rings. The lowest BCUT2D eigenvalue weighted by Gasteiger charge is -2.26. The largest absolute Gasteiger partial charge is 0.353 e. The maximum Gasteiger partial charge on any atom is 0.259 e. The third kappa shape index (κ3) is 4.13. The van der Waals surface area contributed by atoms with Crippen LogP contribution >= 0.6 is 11.8 Å². The van der Waals surface area contributed by atoms with Crippen molar-refractivity contribution in [2.75, 3.05) is 5.75 Å². The first kappa shape index (κ1) is 16.1. The highest BCUT2D eigenvalue weighted by atomic mass is 32.2. The van der Waals surface area contributed by atoms with Crippen LogP contribution in [0.2, 0.25) is 0 Å². The van der Waals surface area contributed by atoms with Crippen molar-refractivity contribution in [2.45, 2.75) is 43.8 Å². The van der Waals surface area contributed by atoms with Gasteiger partial charge in [0.05, 0.1) is 16.7 Å². The molecular weight excluding hydrogens is 310 g/mol. The number of aromatic amines is 1. The minimum Gasteiger partial charge on any atom is -0.353 e. The number of para-hydroxylation sites is 1. The number of benzene rings is 1. The summed E-state index contributed by atoms with van der Waals surface area (Å²) >= 11 is 1.27. The second-order valence-electron chi connectivity index (χ2n) is 6.20. The van der Waals surface area contributed by atoms with Crippen LogP contribution in [0.15, 0.2) is 34.2 Å². The molecule has 6 heteroatoms. The molecule has 0 unspecified atom stereocenters. The van der Waals surface area contributed by atoms with Crippen LogP contribution in [0, 0.1) is 5.92 Å². The Balaban J connectivity index is 1.57. The summed E-state index contributed by atoms with van der Waals surface area (Å²) in [6.45, 7) is 2.26. The molecule has 1 saturated carbocycles. The number of thioether (sulfide) groups is 1. The molecule has 0 radical (unpaired) electrons. The average molecular weight is 331 g/mol. The zero-order chi connectivity index (χ0) is 16.2. The molecule has 1 aromatic carbocycles. The number of carbonyl (C=O) groups excluding carboxylic acids is 1. The number of aromatic nitrogens is 2. The summed E-state index contributed by atoms with van der Waals surface area (Å²) in [7, 11) is 0. The molecule has 1 aromatic heterocycles. The molecule has 0 aliphatic heterocycles. The lowest BCUT2D eigenvalue weighted by molar-refractivity contribution is -0.119. The summed E-state index contributed by atoms with van der Waals surface area (Å²) in [5, 5.41) is 4.14. The highest BCUT2D eigenvalue weighted by Gasteiger charge is 2.19. The molecule has 1 fully saturated rings. The van der Waals surface area contributed by atoms with Gasteiger partial charge in [0.25, 0.3) is 5.56 Å². The maximum absolute atomic E-state index is 12.1. The SMILES string of the molecule is CC1CCC(NC(=O)CSc2nc3ccccc3c(=O)[nH]2)CC1. The number of carbonyl (C=O) groups is 1. The van der Waals surface area contributed by atoms with E-state index in [0.29, 0.717) is 22.1 Å². The summed E-state index contributed by atoms with van der Waals surface area (Å²) in [5.74, 6) is 1.04. The minimum absolute atomic E-state index is 0.00496. The van der Waals surface area contributed by atoms with E-state index < -0.39 is 0 Å². The van der Waals surface area contributed by atoms with Crippen molar-refractivity contribution in [3.63, 3.8) is 0 Å². The highest BCUT2D eigenvalue weighted by molar-refractivity contribution is 7.99. The van der Waals surface area contributed by atoms with Crippen LogP contribution in [-0.2, 0) is 4.79 Å². The molecule has 1 aliphatic carbocycles. The Morgan fingerprint density at radius 3 is 2.83 bits per heavy atom. The molecule has 5 nitrogen and oxygen atoms in total. The first-order chi connectivity index (χ1) is 11.1. The smallest absolute Gasteiger partial charge is 0.259 e. The monoisotopic (exact) mass is 331 g/mol. The molecule has 23 heavy (non-hydrogen) atoms. The van der Waals surface area contributed by atoms with E-state index in [1.807, 2.05) is 12.1 Å². The zero-order valence-electron chi connectivity index (χ0n) is 13.2. The van der Waals surface area contributed by atoms with Crippen molar-refractivity contribution in [1.29, 1.82) is 0 Å². The van der Waals surface area contributed by atoms with Crippen molar-refractivity contribution in [2.24, 2.45) is 5.92 Å². The highest BCUT2D eigenvalue weighted by Crippen LogP contribution is 2.23. The summed E-state index contributed by atoms with van der Waals surface area (Å²) in [4.78, 5) is 31.2. The molecule has 1 aliphatic rings. The van der Waals surface area contributed by atoms with Gasteiger partial charge in [-0.05, 0) is 43.7 Å². The standard InChI is InChI=1S/C17H21N3O2S/c1-11-6-8-12(9-7-11)18-15(21)10-23-17-19-14-5-3-2-4-13(14)16(22)20-17/h2-5,11-12H,6-10H2,1H3,(H,18,21)(H,19,20,22). The van der Waals surface area contributed by atoms with E-state index in [0.717, 1.165) is 18.8 Å². The predicted octanol–water partition coefficient (Wildman–Crippen LogP) is 2.71. The van der Waals surface area contributed by atoms with Gasteiger partial charge < -0.3 is 10.3 Å². The Bertz CT molecular complexity index is 751. The third-order valence-corrected chi connectivity index (χ3v) is 5.19. The molecule has 1 amide bonds. The number of nitrogens with zero attached hydrogens (tertiary/aromatic N) is 1. The van der Waals surface area contributed by atoms with Gasteiger partial charge >= 0.3 is 0 Å². The topological polar surface area (TPSA) is 74.8 Å². The Morgan fingerprint density at radius 2 is 2.04 bits per heavy atom. The van der Waals surface area contributed by atoms with Gasteiger partial charge in [-0.2, -0.15) is 0 Å². The van der Waals surface area contributed by atoms with Crippen LogP contribution in [0.1, 0.15) is 32.6 Å². The van der Waals surface area contributed by atoms with E-state index in [2.05, 4.69) is 22.2 Å². The van der Waals surface area contributed by atoms with Crippen molar-refractivity contribution < 1.29 is 4.79 Å². The van der Waals surface area contributed by atoms with Crippen molar-refractivity contribution in [1.82, 2.24) is 15.3 Å². The molecule has 0 bridgehead atoms. The lowest BCUT2D eigenvalue weighted by atomic mass is 9.87. The quantitative estimate of drug-likeness (QED) is 0.667. The first-order valence-corrected chi connectivity index (χ1v) is 9.01. The molecule has 1 heterocycles. The first-order valence-electron chi connectivity index (χ1n) is 8.03. The van der Waals surface area contributed by atoms with Crippen LogP contribution in [0.25, 0.3) is 10.9 Å². The van der Waals surface area contributed by atoms with Crippen molar-refractivity contribution >= 4 is 28.6 Å². The molecule has 0 atom stereocenters. The number of hydrogen-bond acceptors (Lipinski definition) is 4. The van der Waals surface area contributed by atoms with Gasteiger partial charge in [-0.3, -0.25) is 9.59 Å². The fourth-order valence-electron chi connectivity index (χ4n) is 2.94. The van der Waals surface area contributed by atoms with E-state index in [1.54, 1.807) is 12.1 Å². The molecule has 0 spiro atoms. The van der Waals surface area contributed by atoms with E-state index >= 15 is 0 Å². The summed E-state index contributed by atoms with van der Waals surface area (Å²) < 4.78 is 0. The fraction of sp³-hybridized carbons (Fsp3) is 0.471. The number of hydrogen-bond donors (Lipinski definition) is 2. The molecule has 3 rings (SSSR count). The second-order valence-corrected chi connectivity index (χ2v) is 7.17. The van der Waals surface area contributed by atoms with Gasteiger partial charge in [0.15, 0.2) is 5.16 Å². The van der Waals surface area contributed by atoms with E-state index in [4.69, 9.17) is 0 Å².